The molecule has 1 unspecified atom stereocenters. The lowest BCUT2D eigenvalue weighted by molar-refractivity contribution is 0.122. The molecule has 8 nitrogen and oxygen atoms in total. The fourth-order valence-electron chi connectivity index (χ4n) is 4.42. The summed E-state index contributed by atoms with van der Waals surface area (Å²) in [4.78, 5) is 22.8. The quantitative estimate of drug-likeness (QED) is 0.521. The van der Waals surface area contributed by atoms with Crippen molar-refractivity contribution in [3.63, 3.8) is 0 Å². The molecule has 0 bridgehead atoms. The van der Waals surface area contributed by atoms with Crippen molar-refractivity contribution < 1.29 is 19.0 Å². The van der Waals surface area contributed by atoms with E-state index in [1.165, 1.54) is 24.2 Å². The number of imidazole rings is 1. The maximum Gasteiger partial charge on any atom is 0.411 e. The number of amides is 1. The minimum atomic E-state index is -0.505. The summed E-state index contributed by atoms with van der Waals surface area (Å²) in [5.41, 5.74) is 4.46. The number of carbonyl (C=O) groups is 1. The van der Waals surface area contributed by atoms with Crippen molar-refractivity contribution in [1.82, 2.24) is 14.5 Å². The van der Waals surface area contributed by atoms with Crippen LogP contribution >= 0.6 is 11.3 Å². The van der Waals surface area contributed by atoms with E-state index in [0.29, 0.717) is 12.1 Å². The summed E-state index contributed by atoms with van der Waals surface area (Å²) in [7, 11) is 3.34. The number of fused-ring (bicyclic) bond motifs is 3. The Morgan fingerprint density at radius 2 is 2.15 bits per heavy atom. The van der Waals surface area contributed by atoms with E-state index in [1.54, 1.807) is 14.2 Å². The molecule has 1 N–H and O–H groups in total. The molecule has 1 aromatic carbocycles. The first-order valence-corrected chi connectivity index (χ1v) is 12.2. The van der Waals surface area contributed by atoms with E-state index in [4.69, 9.17) is 19.2 Å². The molecule has 0 saturated heterocycles. The number of ether oxygens (including phenoxy) is 3. The van der Waals surface area contributed by atoms with Gasteiger partial charge in [0.2, 0.25) is 0 Å². The van der Waals surface area contributed by atoms with E-state index in [-0.39, 0.29) is 12.7 Å². The first-order valence-electron chi connectivity index (χ1n) is 11.4. The van der Waals surface area contributed by atoms with Gasteiger partial charge in [-0.15, -0.1) is 11.3 Å². The van der Waals surface area contributed by atoms with Crippen LogP contribution in [0.25, 0.3) is 16.6 Å². The number of benzene rings is 1. The number of nitrogens with zero attached hydrogens (tertiary/aromatic N) is 3. The molecule has 1 aliphatic carbocycles. The number of aryl methyl sites for hydroxylation is 3. The van der Waals surface area contributed by atoms with E-state index in [9.17, 15) is 4.79 Å². The van der Waals surface area contributed by atoms with Crippen molar-refractivity contribution in [3.05, 3.63) is 57.5 Å². The first-order chi connectivity index (χ1) is 16.6. The molecule has 2 aliphatic rings. The van der Waals surface area contributed by atoms with Crippen molar-refractivity contribution in [1.29, 1.82) is 0 Å². The minimum Gasteiger partial charge on any atom is -0.500 e. The third-order valence-corrected chi connectivity index (χ3v) is 7.44. The lowest BCUT2D eigenvalue weighted by Crippen LogP contribution is -2.13. The summed E-state index contributed by atoms with van der Waals surface area (Å²) in [5, 5.41) is 3.66. The fraction of sp³-hybridized carbons (Fsp3) is 0.400. The van der Waals surface area contributed by atoms with Gasteiger partial charge in [-0.3, -0.25) is 5.32 Å². The van der Waals surface area contributed by atoms with E-state index >= 15 is 0 Å². The smallest absolute Gasteiger partial charge is 0.411 e. The second kappa shape index (κ2) is 9.60. The van der Waals surface area contributed by atoms with Crippen LogP contribution < -0.4 is 5.32 Å². The Balaban J connectivity index is 1.24. The van der Waals surface area contributed by atoms with Gasteiger partial charge in [0.15, 0.2) is 0 Å². The maximum absolute atomic E-state index is 12.5. The number of thiazole rings is 1. The van der Waals surface area contributed by atoms with Crippen molar-refractivity contribution in [2.45, 2.75) is 51.9 Å². The van der Waals surface area contributed by atoms with E-state index in [2.05, 4.69) is 14.9 Å². The SMILES string of the molecule is COC1=C(c2nc(C)c(COC(=O)Nc3ccc4c(c3)nc3n4CCCC3)s2)C=CC(OC)C1. The average molecular weight is 481 g/mol. The van der Waals surface area contributed by atoms with Crippen LogP contribution in [-0.4, -0.2) is 41.0 Å². The normalized spacial score (nSPS) is 17.7. The number of hydrogen-bond acceptors (Lipinski definition) is 7. The highest BCUT2D eigenvalue weighted by Gasteiger charge is 2.21. The first kappa shape index (κ1) is 22.6. The summed E-state index contributed by atoms with van der Waals surface area (Å²) in [5.74, 6) is 1.96. The number of nitrogens with one attached hydrogen (secondary N) is 1. The number of anilines is 1. The average Bonchev–Trinajstić information content (AvgIpc) is 3.41. The molecule has 0 spiro atoms. The monoisotopic (exact) mass is 480 g/mol. The highest BCUT2D eigenvalue weighted by atomic mass is 32.1. The van der Waals surface area contributed by atoms with Crippen molar-refractivity contribution in [2.75, 3.05) is 19.5 Å². The maximum atomic E-state index is 12.5. The summed E-state index contributed by atoms with van der Waals surface area (Å²) in [6, 6.07) is 5.81. The third-order valence-electron chi connectivity index (χ3n) is 6.28. The Morgan fingerprint density at radius 1 is 1.26 bits per heavy atom. The second-order valence-electron chi connectivity index (χ2n) is 8.45. The Morgan fingerprint density at radius 3 is 2.97 bits per heavy atom. The van der Waals surface area contributed by atoms with Gasteiger partial charge in [-0.2, -0.15) is 0 Å². The van der Waals surface area contributed by atoms with Crippen LogP contribution in [0.3, 0.4) is 0 Å². The van der Waals surface area contributed by atoms with Crippen LogP contribution in [0, 0.1) is 6.92 Å². The molecule has 1 atom stereocenters. The zero-order valence-electron chi connectivity index (χ0n) is 19.6. The lowest BCUT2D eigenvalue weighted by atomic mass is 10.0. The molecule has 5 rings (SSSR count). The number of aromatic nitrogens is 3. The van der Waals surface area contributed by atoms with Crippen molar-refractivity contribution in [3.8, 4) is 0 Å². The zero-order valence-corrected chi connectivity index (χ0v) is 20.4. The van der Waals surface area contributed by atoms with Crippen LogP contribution in [0.5, 0.6) is 0 Å². The molecule has 3 heterocycles. The van der Waals surface area contributed by atoms with Gasteiger partial charge in [0.1, 0.15) is 23.2 Å². The number of methoxy groups -OCH3 is 2. The zero-order chi connectivity index (χ0) is 23.7. The molecule has 2 aromatic heterocycles. The highest BCUT2D eigenvalue weighted by molar-refractivity contribution is 7.12. The number of hydrogen-bond donors (Lipinski definition) is 1. The van der Waals surface area contributed by atoms with E-state index < -0.39 is 6.09 Å². The van der Waals surface area contributed by atoms with Crippen molar-refractivity contribution >= 4 is 39.7 Å². The predicted molar refractivity (Wildman–Crippen MR) is 132 cm³/mol. The molecule has 9 heteroatoms. The van der Waals surface area contributed by atoms with Crippen LogP contribution in [0.15, 0.2) is 36.1 Å². The van der Waals surface area contributed by atoms with Crippen LogP contribution in [0.2, 0.25) is 0 Å². The highest BCUT2D eigenvalue weighted by Crippen LogP contribution is 2.33. The minimum absolute atomic E-state index is 0.00175. The largest absolute Gasteiger partial charge is 0.500 e. The molecule has 34 heavy (non-hydrogen) atoms. The molecular weight excluding hydrogens is 452 g/mol. The van der Waals surface area contributed by atoms with Gasteiger partial charge in [0, 0.05) is 37.8 Å². The van der Waals surface area contributed by atoms with E-state index in [0.717, 1.165) is 56.7 Å². The Kier molecular flexibility index (Phi) is 6.38. The summed E-state index contributed by atoms with van der Waals surface area (Å²) >= 11 is 1.50. The van der Waals surface area contributed by atoms with Gasteiger partial charge < -0.3 is 18.8 Å². The van der Waals surface area contributed by atoms with Gasteiger partial charge in [-0.05, 0) is 44.0 Å². The number of allylic oxidation sites excluding steroid dienone is 2. The lowest BCUT2D eigenvalue weighted by Gasteiger charge is -2.19. The molecular formula is C25H28N4O4S. The van der Waals surface area contributed by atoms with Gasteiger partial charge >= 0.3 is 6.09 Å². The fourth-order valence-corrected chi connectivity index (χ4v) is 5.43. The molecule has 0 saturated carbocycles. The molecule has 1 amide bonds. The number of rotatable bonds is 6. The standard InChI is InChI=1S/C25H28N4O4S/c1-15-22(34-24(26-15)18-9-8-17(31-2)13-21(18)32-3)14-33-25(30)27-16-7-10-20-19(12-16)28-23-6-4-5-11-29(20)23/h7-10,12,17H,4-6,11,13-14H2,1-3H3,(H,27,30). The molecule has 178 valence electrons. The molecule has 1 aliphatic heterocycles. The summed E-state index contributed by atoms with van der Waals surface area (Å²) < 4.78 is 18.8. The molecule has 3 aromatic rings. The van der Waals surface area contributed by atoms with Crippen LogP contribution in [0.1, 0.15) is 40.7 Å². The van der Waals surface area contributed by atoms with Gasteiger partial charge in [0.25, 0.3) is 0 Å². The topological polar surface area (TPSA) is 87.5 Å². The van der Waals surface area contributed by atoms with E-state index in [1.807, 2.05) is 37.3 Å². The predicted octanol–water partition coefficient (Wildman–Crippen LogP) is 5.22. The Hall–Kier alpha value is -3.17. The Bertz CT molecular complexity index is 1290. The second-order valence-corrected chi connectivity index (χ2v) is 9.53. The van der Waals surface area contributed by atoms with Crippen LogP contribution in [0.4, 0.5) is 10.5 Å². The number of carbonyl (C=O) groups excluding carboxylic acids is 1. The van der Waals surface area contributed by atoms with Gasteiger partial charge in [-0.1, -0.05) is 6.08 Å². The van der Waals surface area contributed by atoms with Crippen molar-refractivity contribution in [2.24, 2.45) is 0 Å². The van der Waals surface area contributed by atoms with Gasteiger partial charge in [0.05, 0.1) is 34.8 Å². The van der Waals surface area contributed by atoms with Crippen LogP contribution in [-0.2, 0) is 33.8 Å². The van der Waals surface area contributed by atoms with Gasteiger partial charge in [-0.25, -0.2) is 14.8 Å². The Labute approximate surface area is 202 Å². The summed E-state index contributed by atoms with van der Waals surface area (Å²) in [6.07, 6.45) is 7.50. The third kappa shape index (κ3) is 4.45. The molecule has 0 fully saturated rings. The summed E-state index contributed by atoms with van der Waals surface area (Å²) in [6.45, 7) is 3.07. The molecule has 0 radical (unpaired) electrons.